The van der Waals surface area contributed by atoms with Crippen LogP contribution in [0.2, 0.25) is 0 Å². The van der Waals surface area contributed by atoms with E-state index in [1.165, 1.54) is 5.56 Å². The number of rotatable bonds is 8. The highest BCUT2D eigenvalue weighted by molar-refractivity contribution is 14.0. The largest absolute Gasteiger partial charge is 0.377 e. The van der Waals surface area contributed by atoms with Gasteiger partial charge in [-0.25, -0.2) is 0 Å². The summed E-state index contributed by atoms with van der Waals surface area (Å²) in [7, 11) is 1.71. The molecule has 0 unspecified atom stereocenters. The van der Waals surface area contributed by atoms with Gasteiger partial charge in [-0.15, -0.1) is 24.0 Å². The number of aromatic nitrogens is 2. The van der Waals surface area contributed by atoms with Gasteiger partial charge in [0, 0.05) is 32.9 Å². The second kappa shape index (κ2) is 10.8. The first kappa shape index (κ1) is 21.2. The van der Waals surface area contributed by atoms with Crippen molar-refractivity contribution in [2.45, 2.75) is 46.3 Å². The molecule has 0 amide bonds. The summed E-state index contributed by atoms with van der Waals surface area (Å²) in [5, 5.41) is 10.9. The van der Waals surface area contributed by atoms with Gasteiger partial charge in [-0.3, -0.25) is 9.67 Å². The van der Waals surface area contributed by atoms with Gasteiger partial charge in [0.1, 0.15) is 0 Å². The van der Waals surface area contributed by atoms with Crippen molar-refractivity contribution in [2.75, 3.05) is 26.7 Å². The number of hydrogen-bond donors (Lipinski definition) is 2. The van der Waals surface area contributed by atoms with Gasteiger partial charge in [-0.2, -0.15) is 5.10 Å². The third kappa shape index (κ3) is 8.57. The quantitative estimate of drug-likeness (QED) is 0.291. The first-order valence-electron chi connectivity index (χ1n) is 7.53. The molecule has 0 bridgehead atoms. The van der Waals surface area contributed by atoms with Crippen LogP contribution in [0, 0.1) is 6.92 Å². The molecule has 0 radical (unpaired) electrons. The van der Waals surface area contributed by atoms with E-state index < -0.39 is 0 Å². The minimum Gasteiger partial charge on any atom is -0.377 e. The Balaban J connectivity index is 0.00000441. The number of halogens is 1. The zero-order valence-electron chi connectivity index (χ0n) is 14.3. The number of ether oxygens (including phenoxy) is 1. The van der Waals surface area contributed by atoms with Crippen LogP contribution >= 0.6 is 24.0 Å². The summed E-state index contributed by atoms with van der Waals surface area (Å²) >= 11 is 0. The highest BCUT2D eigenvalue weighted by Gasteiger charge is 2.15. The number of guanidine groups is 1. The zero-order valence-corrected chi connectivity index (χ0v) is 16.7. The molecule has 0 fully saturated rings. The van der Waals surface area contributed by atoms with E-state index in [0.717, 1.165) is 32.0 Å². The van der Waals surface area contributed by atoms with Crippen molar-refractivity contribution in [1.82, 2.24) is 20.4 Å². The molecule has 1 aromatic heterocycles. The third-order valence-corrected chi connectivity index (χ3v) is 3.13. The van der Waals surface area contributed by atoms with E-state index >= 15 is 0 Å². The highest BCUT2D eigenvalue weighted by Crippen LogP contribution is 2.06. The first-order chi connectivity index (χ1) is 9.96. The van der Waals surface area contributed by atoms with Crippen LogP contribution in [0.1, 0.15) is 32.8 Å². The lowest BCUT2D eigenvalue weighted by Gasteiger charge is -2.21. The Morgan fingerprint density at radius 2 is 2.14 bits per heavy atom. The average Bonchev–Trinajstić information content (AvgIpc) is 2.86. The fourth-order valence-electron chi connectivity index (χ4n) is 1.71. The molecule has 0 aliphatic rings. The molecule has 1 aromatic rings. The van der Waals surface area contributed by atoms with Crippen molar-refractivity contribution in [3.8, 4) is 0 Å². The highest BCUT2D eigenvalue weighted by atomic mass is 127. The SMILES string of the molecule is CCNC(=NCC(C)(C)OC)NCCCn1cc(C)cn1.I. The predicted molar refractivity (Wildman–Crippen MR) is 102 cm³/mol. The van der Waals surface area contributed by atoms with Crippen molar-refractivity contribution >= 4 is 29.9 Å². The van der Waals surface area contributed by atoms with Gasteiger partial charge in [0.05, 0.1) is 18.3 Å². The molecule has 1 heterocycles. The van der Waals surface area contributed by atoms with Crippen molar-refractivity contribution in [3.05, 3.63) is 18.0 Å². The van der Waals surface area contributed by atoms with E-state index in [4.69, 9.17) is 4.74 Å². The van der Waals surface area contributed by atoms with E-state index in [0.29, 0.717) is 6.54 Å². The van der Waals surface area contributed by atoms with Gasteiger partial charge < -0.3 is 15.4 Å². The molecule has 0 atom stereocenters. The van der Waals surface area contributed by atoms with Gasteiger partial charge in [0.25, 0.3) is 0 Å². The number of aliphatic imine (C=N–C) groups is 1. The lowest BCUT2D eigenvalue weighted by Crippen LogP contribution is -2.39. The molecule has 2 N–H and O–H groups in total. The summed E-state index contributed by atoms with van der Waals surface area (Å²) in [6.07, 6.45) is 4.94. The van der Waals surface area contributed by atoms with Crippen LogP contribution < -0.4 is 10.6 Å². The van der Waals surface area contributed by atoms with Crippen molar-refractivity contribution in [1.29, 1.82) is 0 Å². The maximum Gasteiger partial charge on any atom is 0.191 e. The standard InChI is InChI=1S/C15H29N5O.HI/c1-6-16-14(18-12-15(3,4)21-5)17-8-7-9-20-11-13(2)10-19-20;/h10-11H,6-9,12H2,1-5H3,(H2,16,17,18);1H. The third-order valence-electron chi connectivity index (χ3n) is 3.13. The van der Waals surface area contributed by atoms with E-state index in [-0.39, 0.29) is 29.6 Å². The van der Waals surface area contributed by atoms with Crippen LogP contribution in [-0.4, -0.2) is 48.1 Å². The fourth-order valence-corrected chi connectivity index (χ4v) is 1.71. The Kier molecular flexibility index (Phi) is 10.4. The topological polar surface area (TPSA) is 63.5 Å². The predicted octanol–water partition coefficient (Wildman–Crippen LogP) is 2.18. The van der Waals surface area contributed by atoms with Crippen LogP contribution in [0.3, 0.4) is 0 Å². The molecule has 128 valence electrons. The van der Waals surface area contributed by atoms with Gasteiger partial charge in [0.15, 0.2) is 5.96 Å². The van der Waals surface area contributed by atoms with Crippen LogP contribution in [0.15, 0.2) is 17.4 Å². The molecule has 6 nitrogen and oxygen atoms in total. The fraction of sp³-hybridized carbons (Fsp3) is 0.733. The summed E-state index contributed by atoms with van der Waals surface area (Å²) in [6, 6.07) is 0. The molecular formula is C15H30IN5O. The summed E-state index contributed by atoms with van der Waals surface area (Å²) in [5.74, 6) is 0.833. The Bertz CT molecular complexity index is 445. The molecule has 0 aliphatic heterocycles. The Labute approximate surface area is 151 Å². The van der Waals surface area contributed by atoms with E-state index in [9.17, 15) is 0 Å². The smallest absolute Gasteiger partial charge is 0.191 e. The van der Waals surface area contributed by atoms with Crippen molar-refractivity contribution in [2.24, 2.45) is 4.99 Å². The zero-order chi connectivity index (χ0) is 15.7. The second-order valence-electron chi connectivity index (χ2n) is 5.72. The molecule has 0 saturated carbocycles. The minimum absolute atomic E-state index is 0. The summed E-state index contributed by atoms with van der Waals surface area (Å²) in [5.41, 5.74) is 0.953. The number of aryl methyl sites for hydroxylation is 2. The molecule has 7 heteroatoms. The minimum atomic E-state index is -0.241. The Morgan fingerprint density at radius 1 is 1.41 bits per heavy atom. The lowest BCUT2D eigenvalue weighted by molar-refractivity contribution is 0.0310. The van der Waals surface area contributed by atoms with Gasteiger partial charge >= 0.3 is 0 Å². The maximum absolute atomic E-state index is 5.38. The van der Waals surface area contributed by atoms with E-state index in [1.807, 2.05) is 24.7 Å². The second-order valence-corrected chi connectivity index (χ2v) is 5.72. The molecule has 1 rings (SSSR count). The monoisotopic (exact) mass is 423 g/mol. The van der Waals surface area contributed by atoms with Crippen LogP contribution in [-0.2, 0) is 11.3 Å². The normalized spacial score (nSPS) is 12.0. The summed E-state index contributed by atoms with van der Waals surface area (Å²) in [6.45, 7) is 11.4. The first-order valence-corrected chi connectivity index (χ1v) is 7.53. The van der Waals surface area contributed by atoms with Crippen LogP contribution in [0.25, 0.3) is 0 Å². The van der Waals surface area contributed by atoms with Crippen LogP contribution in [0.5, 0.6) is 0 Å². The Hall–Kier alpha value is -0.830. The van der Waals surface area contributed by atoms with Gasteiger partial charge in [-0.05, 0) is 39.7 Å². The number of nitrogens with zero attached hydrogens (tertiary/aromatic N) is 3. The summed E-state index contributed by atoms with van der Waals surface area (Å²) < 4.78 is 7.35. The average molecular weight is 423 g/mol. The molecule has 22 heavy (non-hydrogen) atoms. The lowest BCUT2D eigenvalue weighted by atomic mass is 10.1. The molecular weight excluding hydrogens is 393 g/mol. The number of nitrogens with one attached hydrogen (secondary N) is 2. The number of hydrogen-bond acceptors (Lipinski definition) is 3. The number of methoxy groups -OCH3 is 1. The Morgan fingerprint density at radius 3 is 2.68 bits per heavy atom. The molecule has 0 aromatic carbocycles. The van der Waals surface area contributed by atoms with E-state index in [2.05, 4.69) is 40.8 Å². The van der Waals surface area contributed by atoms with Crippen LogP contribution in [0.4, 0.5) is 0 Å². The van der Waals surface area contributed by atoms with Gasteiger partial charge in [-0.1, -0.05) is 0 Å². The van der Waals surface area contributed by atoms with Gasteiger partial charge in [0.2, 0.25) is 0 Å². The molecule has 0 aliphatic carbocycles. The van der Waals surface area contributed by atoms with Crippen molar-refractivity contribution < 1.29 is 4.74 Å². The van der Waals surface area contributed by atoms with Crippen molar-refractivity contribution in [3.63, 3.8) is 0 Å². The molecule has 0 spiro atoms. The van der Waals surface area contributed by atoms with E-state index in [1.54, 1.807) is 7.11 Å². The molecule has 0 saturated heterocycles. The maximum atomic E-state index is 5.38. The summed E-state index contributed by atoms with van der Waals surface area (Å²) in [4.78, 5) is 4.55.